The van der Waals surface area contributed by atoms with Gasteiger partial charge in [0, 0.05) is 32.2 Å². The van der Waals surface area contributed by atoms with Crippen LogP contribution in [0.25, 0.3) is 0 Å². The fourth-order valence-electron chi connectivity index (χ4n) is 3.65. The number of thioether (sulfide) groups is 1. The number of amides is 1. The third-order valence-corrected chi connectivity index (χ3v) is 6.21. The predicted molar refractivity (Wildman–Crippen MR) is 130 cm³/mol. The molecule has 3 aromatic rings. The molecule has 1 amide bonds. The Morgan fingerprint density at radius 3 is 2.50 bits per heavy atom. The number of carbonyl (C=O) groups excluding carboxylic acids is 1. The first-order chi connectivity index (χ1) is 16.5. The van der Waals surface area contributed by atoms with Crippen LogP contribution in [-0.4, -0.2) is 54.6 Å². The van der Waals surface area contributed by atoms with Crippen LogP contribution in [0.5, 0.6) is 5.75 Å². The number of rotatable bonds is 8. The molecule has 0 bridgehead atoms. The predicted octanol–water partition coefficient (Wildman–Crippen LogP) is 4.21. The first kappa shape index (κ1) is 23.7. The first-order valence-corrected chi connectivity index (χ1v) is 11.9. The number of hydrogen-bond acceptors (Lipinski definition) is 7. The number of benzene rings is 2. The van der Waals surface area contributed by atoms with Gasteiger partial charge in [0.15, 0.2) is 5.82 Å². The summed E-state index contributed by atoms with van der Waals surface area (Å²) in [5, 5.41) is 11.5. The summed E-state index contributed by atoms with van der Waals surface area (Å²) in [5.41, 5.74) is 1.04. The number of hydrogen-bond donors (Lipinski definition) is 1. The van der Waals surface area contributed by atoms with Gasteiger partial charge in [-0.2, -0.15) is 0 Å². The number of halogens is 2. The number of nitrogens with zero attached hydrogens (tertiary/aromatic N) is 4. The van der Waals surface area contributed by atoms with Crippen LogP contribution in [-0.2, 0) is 4.79 Å². The molecule has 7 nitrogen and oxygen atoms in total. The Morgan fingerprint density at radius 1 is 1.03 bits per heavy atom. The number of ether oxygens (including phenoxy) is 1. The van der Waals surface area contributed by atoms with Crippen molar-refractivity contribution in [1.82, 2.24) is 10.2 Å². The largest absolute Gasteiger partial charge is 0.492 e. The lowest BCUT2D eigenvalue weighted by molar-refractivity contribution is -0.113. The van der Waals surface area contributed by atoms with Crippen molar-refractivity contribution >= 4 is 34.9 Å². The number of carbonyl (C=O) groups is 1. The van der Waals surface area contributed by atoms with Crippen molar-refractivity contribution in [1.29, 1.82) is 0 Å². The fraction of sp³-hybridized carbons (Fsp3) is 0.292. The Kier molecular flexibility index (Phi) is 7.79. The van der Waals surface area contributed by atoms with Crippen molar-refractivity contribution in [3.8, 4) is 5.75 Å². The van der Waals surface area contributed by atoms with Crippen molar-refractivity contribution in [2.45, 2.75) is 11.9 Å². The summed E-state index contributed by atoms with van der Waals surface area (Å²) in [4.78, 5) is 16.6. The van der Waals surface area contributed by atoms with Crippen molar-refractivity contribution in [3.63, 3.8) is 0 Å². The Hall–Kier alpha value is -3.40. The van der Waals surface area contributed by atoms with Crippen LogP contribution in [0.3, 0.4) is 0 Å². The topological polar surface area (TPSA) is 70.6 Å². The zero-order valence-corrected chi connectivity index (χ0v) is 19.5. The van der Waals surface area contributed by atoms with E-state index in [0.717, 1.165) is 55.6 Å². The summed E-state index contributed by atoms with van der Waals surface area (Å²) in [5.74, 6) is -0.223. The molecule has 0 unspecified atom stereocenters. The molecule has 1 aromatic heterocycles. The summed E-state index contributed by atoms with van der Waals surface area (Å²) in [6.45, 7) is 5.88. The van der Waals surface area contributed by atoms with Gasteiger partial charge in [0.05, 0.1) is 23.7 Å². The van der Waals surface area contributed by atoms with E-state index in [0.29, 0.717) is 11.6 Å². The SMILES string of the molecule is CCOc1ccccc1N1CCN(c2ccc(SCC(=O)Nc3ccc(F)cc3F)nn2)CC1. The summed E-state index contributed by atoms with van der Waals surface area (Å²) in [7, 11) is 0. The zero-order chi connectivity index (χ0) is 23.9. The van der Waals surface area contributed by atoms with Gasteiger partial charge in [0.1, 0.15) is 22.4 Å². The highest BCUT2D eigenvalue weighted by Gasteiger charge is 2.21. The molecule has 2 aromatic carbocycles. The minimum atomic E-state index is -0.816. The maximum atomic E-state index is 13.7. The molecule has 1 aliphatic rings. The third-order valence-electron chi connectivity index (χ3n) is 5.29. The summed E-state index contributed by atoms with van der Waals surface area (Å²) in [6.07, 6.45) is 0. The van der Waals surface area contributed by atoms with Gasteiger partial charge in [-0.1, -0.05) is 23.9 Å². The number of aromatic nitrogens is 2. The maximum Gasteiger partial charge on any atom is 0.234 e. The highest BCUT2D eigenvalue weighted by atomic mass is 32.2. The molecule has 0 aliphatic carbocycles. The van der Waals surface area contributed by atoms with Gasteiger partial charge in [-0.3, -0.25) is 4.79 Å². The minimum Gasteiger partial charge on any atom is -0.492 e. The van der Waals surface area contributed by atoms with Crippen LogP contribution in [0, 0.1) is 11.6 Å². The fourth-order valence-corrected chi connectivity index (χ4v) is 4.26. The average molecular weight is 486 g/mol. The van der Waals surface area contributed by atoms with Crippen molar-refractivity contribution in [3.05, 3.63) is 66.2 Å². The van der Waals surface area contributed by atoms with Crippen LogP contribution in [0.2, 0.25) is 0 Å². The average Bonchev–Trinajstić information content (AvgIpc) is 2.86. The van der Waals surface area contributed by atoms with E-state index in [1.807, 2.05) is 37.3 Å². The van der Waals surface area contributed by atoms with Crippen LogP contribution in [0.1, 0.15) is 6.92 Å². The lowest BCUT2D eigenvalue weighted by Crippen LogP contribution is -2.47. The number of anilines is 3. The number of nitrogens with one attached hydrogen (secondary N) is 1. The zero-order valence-electron chi connectivity index (χ0n) is 18.7. The van der Waals surface area contributed by atoms with Gasteiger partial charge in [-0.05, 0) is 43.3 Å². The van der Waals surface area contributed by atoms with Gasteiger partial charge in [0.25, 0.3) is 0 Å². The Morgan fingerprint density at radius 2 is 1.79 bits per heavy atom. The standard InChI is InChI=1S/C24H25F2N5O2S/c1-2-33-21-6-4-3-5-20(21)30-11-13-31(14-12-30)22-9-10-24(29-28-22)34-16-23(32)27-19-8-7-17(25)15-18(19)26/h3-10,15H,2,11-14,16H2,1H3,(H,27,32). The molecule has 34 heavy (non-hydrogen) atoms. The Bertz CT molecular complexity index is 1120. The normalized spacial score (nSPS) is 13.6. The molecule has 1 saturated heterocycles. The molecule has 1 fully saturated rings. The van der Waals surface area contributed by atoms with Crippen LogP contribution >= 0.6 is 11.8 Å². The maximum absolute atomic E-state index is 13.7. The molecule has 1 aliphatic heterocycles. The van der Waals surface area contributed by atoms with E-state index in [4.69, 9.17) is 4.74 Å². The van der Waals surface area contributed by atoms with E-state index < -0.39 is 17.5 Å². The lowest BCUT2D eigenvalue weighted by atomic mass is 10.2. The molecule has 0 spiro atoms. The summed E-state index contributed by atoms with van der Waals surface area (Å²) >= 11 is 1.19. The second-order valence-corrected chi connectivity index (χ2v) is 8.56. The van der Waals surface area contributed by atoms with E-state index in [1.54, 1.807) is 0 Å². The Labute approximate surface area is 201 Å². The minimum absolute atomic E-state index is 0.0305. The summed E-state index contributed by atoms with van der Waals surface area (Å²) < 4.78 is 32.4. The molecule has 0 radical (unpaired) electrons. The highest BCUT2D eigenvalue weighted by molar-refractivity contribution is 7.99. The molecular formula is C24H25F2N5O2S. The molecule has 1 N–H and O–H groups in total. The van der Waals surface area contributed by atoms with Crippen molar-refractivity contribution < 1.29 is 18.3 Å². The van der Waals surface area contributed by atoms with Gasteiger partial charge in [-0.15, -0.1) is 10.2 Å². The lowest BCUT2D eigenvalue weighted by Gasteiger charge is -2.37. The van der Waals surface area contributed by atoms with E-state index >= 15 is 0 Å². The van der Waals surface area contributed by atoms with Crippen molar-refractivity contribution in [2.75, 3.05) is 53.7 Å². The van der Waals surface area contributed by atoms with E-state index in [9.17, 15) is 13.6 Å². The molecule has 2 heterocycles. The highest BCUT2D eigenvalue weighted by Crippen LogP contribution is 2.29. The van der Waals surface area contributed by atoms with E-state index in [1.165, 1.54) is 17.8 Å². The molecule has 0 atom stereocenters. The monoisotopic (exact) mass is 485 g/mol. The van der Waals surface area contributed by atoms with E-state index in [-0.39, 0.29) is 11.4 Å². The quantitative estimate of drug-likeness (QED) is 0.479. The second kappa shape index (κ2) is 11.1. The van der Waals surface area contributed by atoms with E-state index in [2.05, 4.69) is 31.4 Å². The van der Waals surface area contributed by atoms with Crippen molar-refractivity contribution in [2.24, 2.45) is 0 Å². The van der Waals surface area contributed by atoms with Gasteiger partial charge in [0.2, 0.25) is 5.91 Å². The Balaban J connectivity index is 1.27. The number of piperazine rings is 1. The van der Waals surface area contributed by atoms with Crippen LogP contribution in [0.15, 0.2) is 59.6 Å². The summed E-state index contributed by atoms with van der Waals surface area (Å²) in [6, 6.07) is 14.8. The van der Waals surface area contributed by atoms with Crippen LogP contribution < -0.4 is 19.9 Å². The smallest absolute Gasteiger partial charge is 0.234 e. The molecule has 178 valence electrons. The molecule has 10 heteroatoms. The first-order valence-electron chi connectivity index (χ1n) is 11.0. The van der Waals surface area contributed by atoms with Crippen LogP contribution in [0.4, 0.5) is 26.0 Å². The molecule has 4 rings (SSSR count). The third kappa shape index (κ3) is 5.93. The van der Waals surface area contributed by atoms with Gasteiger partial charge >= 0.3 is 0 Å². The van der Waals surface area contributed by atoms with Gasteiger partial charge < -0.3 is 19.9 Å². The second-order valence-electron chi connectivity index (χ2n) is 7.57. The van der Waals surface area contributed by atoms with Gasteiger partial charge in [-0.25, -0.2) is 8.78 Å². The molecular weight excluding hydrogens is 460 g/mol. The number of para-hydroxylation sites is 2. The molecule has 0 saturated carbocycles.